The maximum atomic E-state index is 11.9. The molecule has 5 nitrogen and oxygen atoms in total. The molecule has 0 spiro atoms. The predicted molar refractivity (Wildman–Crippen MR) is 80.8 cm³/mol. The smallest absolute Gasteiger partial charge is 0.254 e. The highest BCUT2D eigenvalue weighted by Gasteiger charge is 2.15. The Hall–Kier alpha value is -1.92. The molecule has 0 saturated carbocycles. The second kappa shape index (κ2) is 7.02. The Morgan fingerprint density at radius 3 is 3.25 bits per heavy atom. The number of nitrogens with one attached hydrogen (secondary N) is 2. The molecule has 2 heterocycles. The molecule has 0 aromatic carbocycles. The highest BCUT2D eigenvalue weighted by molar-refractivity contribution is 7.14. The lowest BCUT2D eigenvalue weighted by molar-refractivity contribution is -0.126. The molecule has 1 amide bonds. The number of aromatic nitrogens is 2. The summed E-state index contributed by atoms with van der Waals surface area (Å²) in [5.74, 6) is -0.193. The standard InChI is InChI=1S/C14H17N3O2S/c1-3-4-8-19-10(2)13(18)17-14-16-12(9-20-14)11-6-5-7-15-11/h3,5-7,9-10,15H,1,4,8H2,2H3,(H,16,17,18)/t10-/m0/s1. The van der Waals surface area contributed by atoms with E-state index < -0.39 is 6.10 Å². The lowest BCUT2D eigenvalue weighted by atomic mass is 10.3. The fourth-order valence-electron chi connectivity index (χ4n) is 1.56. The van der Waals surface area contributed by atoms with Crippen molar-refractivity contribution in [2.24, 2.45) is 0 Å². The van der Waals surface area contributed by atoms with E-state index in [4.69, 9.17) is 4.74 Å². The first-order chi connectivity index (χ1) is 9.70. The van der Waals surface area contributed by atoms with Gasteiger partial charge in [0.15, 0.2) is 5.13 Å². The summed E-state index contributed by atoms with van der Waals surface area (Å²) >= 11 is 1.39. The zero-order chi connectivity index (χ0) is 14.4. The summed E-state index contributed by atoms with van der Waals surface area (Å²) in [7, 11) is 0. The third-order valence-electron chi connectivity index (χ3n) is 2.67. The van der Waals surface area contributed by atoms with Crippen molar-refractivity contribution in [1.29, 1.82) is 0 Å². The number of carbonyl (C=O) groups excluding carboxylic acids is 1. The highest BCUT2D eigenvalue weighted by Crippen LogP contribution is 2.23. The van der Waals surface area contributed by atoms with Gasteiger partial charge in [0, 0.05) is 11.6 Å². The molecule has 2 aromatic heterocycles. The molecule has 0 saturated heterocycles. The number of anilines is 1. The van der Waals surface area contributed by atoms with E-state index in [2.05, 4.69) is 21.9 Å². The molecule has 2 N–H and O–H groups in total. The number of nitrogens with zero attached hydrogens (tertiary/aromatic N) is 1. The number of hydrogen-bond donors (Lipinski definition) is 2. The van der Waals surface area contributed by atoms with Crippen LogP contribution in [0.15, 0.2) is 36.4 Å². The lowest BCUT2D eigenvalue weighted by Crippen LogP contribution is -2.27. The van der Waals surface area contributed by atoms with Gasteiger partial charge in [-0.2, -0.15) is 0 Å². The Labute approximate surface area is 121 Å². The Morgan fingerprint density at radius 2 is 2.55 bits per heavy atom. The number of hydrogen-bond acceptors (Lipinski definition) is 4. The van der Waals surface area contributed by atoms with Gasteiger partial charge in [0.25, 0.3) is 5.91 Å². The number of amides is 1. The maximum Gasteiger partial charge on any atom is 0.254 e. The first-order valence-corrected chi connectivity index (χ1v) is 7.21. The van der Waals surface area contributed by atoms with Gasteiger partial charge in [0.2, 0.25) is 0 Å². The number of thiazole rings is 1. The predicted octanol–water partition coefficient (Wildman–Crippen LogP) is 3.06. The molecule has 2 rings (SSSR count). The molecule has 0 aliphatic carbocycles. The highest BCUT2D eigenvalue weighted by atomic mass is 32.1. The number of H-pyrrole nitrogens is 1. The summed E-state index contributed by atoms with van der Waals surface area (Å²) < 4.78 is 5.38. The van der Waals surface area contributed by atoms with E-state index in [0.717, 1.165) is 17.8 Å². The van der Waals surface area contributed by atoms with Gasteiger partial charge in [-0.25, -0.2) is 4.98 Å². The average Bonchev–Trinajstić information content (AvgIpc) is 3.08. The second-order valence-corrected chi connectivity index (χ2v) is 5.06. The molecule has 1 atom stereocenters. The molecule has 0 aliphatic rings. The van der Waals surface area contributed by atoms with Crippen molar-refractivity contribution in [3.63, 3.8) is 0 Å². The molecular weight excluding hydrogens is 274 g/mol. The third kappa shape index (κ3) is 3.79. The van der Waals surface area contributed by atoms with Crippen LogP contribution in [-0.2, 0) is 9.53 Å². The van der Waals surface area contributed by atoms with Gasteiger partial charge in [0.05, 0.1) is 18.0 Å². The minimum Gasteiger partial charge on any atom is -0.368 e. The number of rotatable bonds is 7. The first kappa shape index (κ1) is 14.5. The molecule has 106 valence electrons. The normalized spacial score (nSPS) is 12.1. The van der Waals surface area contributed by atoms with Gasteiger partial charge in [-0.1, -0.05) is 6.08 Å². The van der Waals surface area contributed by atoms with E-state index in [-0.39, 0.29) is 5.91 Å². The zero-order valence-electron chi connectivity index (χ0n) is 11.3. The lowest BCUT2D eigenvalue weighted by Gasteiger charge is -2.11. The number of ether oxygens (including phenoxy) is 1. The molecule has 20 heavy (non-hydrogen) atoms. The Bertz CT molecular complexity index is 563. The Balaban J connectivity index is 1.90. The first-order valence-electron chi connectivity index (χ1n) is 6.33. The third-order valence-corrected chi connectivity index (χ3v) is 3.42. The Kier molecular flexibility index (Phi) is 5.09. The van der Waals surface area contributed by atoms with Crippen molar-refractivity contribution in [1.82, 2.24) is 9.97 Å². The monoisotopic (exact) mass is 291 g/mol. The van der Waals surface area contributed by atoms with Crippen molar-refractivity contribution >= 4 is 22.4 Å². The van der Waals surface area contributed by atoms with E-state index in [1.165, 1.54) is 11.3 Å². The van der Waals surface area contributed by atoms with Gasteiger partial charge >= 0.3 is 0 Å². The summed E-state index contributed by atoms with van der Waals surface area (Å²) in [6.45, 7) is 5.82. The fourth-order valence-corrected chi connectivity index (χ4v) is 2.27. The molecule has 0 radical (unpaired) electrons. The number of aromatic amines is 1. The van der Waals surface area contributed by atoms with Gasteiger partial charge in [-0.3, -0.25) is 10.1 Å². The SMILES string of the molecule is C=CCCO[C@@H](C)C(=O)Nc1nc(-c2ccc[nH]2)cs1. The quantitative estimate of drug-likeness (QED) is 0.608. The van der Waals surface area contributed by atoms with Crippen LogP contribution in [0.3, 0.4) is 0 Å². The molecule has 0 unspecified atom stereocenters. The molecule has 2 aromatic rings. The molecular formula is C14H17N3O2S. The van der Waals surface area contributed by atoms with Crippen LogP contribution in [0.1, 0.15) is 13.3 Å². The van der Waals surface area contributed by atoms with E-state index in [1.807, 2.05) is 23.7 Å². The zero-order valence-corrected chi connectivity index (χ0v) is 12.1. The van der Waals surface area contributed by atoms with Crippen molar-refractivity contribution in [2.75, 3.05) is 11.9 Å². The molecule has 0 aliphatic heterocycles. The number of carbonyl (C=O) groups is 1. The van der Waals surface area contributed by atoms with E-state index >= 15 is 0 Å². The summed E-state index contributed by atoms with van der Waals surface area (Å²) in [5.41, 5.74) is 1.74. The van der Waals surface area contributed by atoms with E-state index in [0.29, 0.717) is 11.7 Å². The summed E-state index contributed by atoms with van der Waals surface area (Å²) in [6.07, 6.45) is 3.82. The van der Waals surface area contributed by atoms with E-state index in [9.17, 15) is 4.79 Å². The summed E-state index contributed by atoms with van der Waals surface area (Å²) in [4.78, 5) is 19.3. The van der Waals surface area contributed by atoms with Crippen LogP contribution >= 0.6 is 11.3 Å². The van der Waals surface area contributed by atoms with Gasteiger partial charge in [-0.15, -0.1) is 17.9 Å². The summed E-state index contributed by atoms with van der Waals surface area (Å²) in [5, 5.41) is 5.22. The average molecular weight is 291 g/mol. The van der Waals surface area contributed by atoms with Crippen LogP contribution in [-0.4, -0.2) is 28.6 Å². The molecule has 6 heteroatoms. The van der Waals surface area contributed by atoms with Gasteiger partial charge in [-0.05, 0) is 25.5 Å². The second-order valence-electron chi connectivity index (χ2n) is 4.20. The largest absolute Gasteiger partial charge is 0.368 e. The molecule has 0 bridgehead atoms. The summed E-state index contributed by atoms with van der Waals surface area (Å²) in [6, 6.07) is 3.84. The van der Waals surface area contributed by atoms with Gasteiger partial charge in [0.1, 0.15) is 6.10 Å². The van der Waals surface area contributed by atoms with Crippen LogP contribution in [0, 0.1) is 0 Å². The minimum absolute atomic E-state index is 0.193. The van der Waals surface area contributed by atoms with Crippen LogP contribution in [0.25, 0.3) is 11.4 Å². The maximum absolute atomic E-state index is 11.9. The van der Waals surface area contributed by atoms with Crippen molar-refractivity contribution in [3.05, 3.63) is 36.4 Å². The minimum atomic E-state index is -0.507. The van der Waals surface area contributed by atoms with Crippen LogP contribution in [0.2, 0.25) is 0 Å². The van der Waals surface area contributed by atoms with Gasteiger partial charge < -0.3 is 9.72 Å². The van der Waals surface area contributed by atoms with Crippen molar-refractivity contribution in [2.45, 2.75) is 19.4 Å². The molecule has 0 fully saturated rings. The topological polar surface area (TPSA) is 67.0 Å². The van der Waals surface area contributed by atoms with Crippen molar-refractivity contribution in [3.8, 4) is 11.4 Å². The van der Waals surface area contributed by atoms with Crippen LogP contribution < -0.4 is 5.32 Å². The fraction of sp³-hybridized carbons (Fsp3) is 0.286. The Morgan fingerprint density at radius 1 is 1.70 bits per heavy atom. The van der Waals surface area contributed by atoms with Crippen LogP contribution in [0.5, 0.6) is 0 Å². The van der Waals surface area contributed by atoms with E-state index in [1.54, 1.807) is 13.0 Å². The van der Waals surface area contributed by atoms with Crippen molar-refractivity contribution < 1.29 is 9.53 Å². The van der Waals surface area contributed by atoms with Crippen LogP contribution in [0.4, 0.5) is 5.13 Å².